The maximum atomic E-state index is 12.6. The van der Waals surface area contributed by atoms with Gasteiger partial charge in [-0.05, 0) is 43.7 Å². The van der Waals surface area contributed by atoms with E-state index < -0.39 is 5.60 Å². The first-order valence-corrected chi connectivity index (χ1v) is 12.0. The number of nitrogens with zero attached hydrogens (tertiary/aromatic N) is 5. The molecule has 1 aromatic heterocycles. The van der Waals surface area contributed by atoms with Crippen LogP contribution < -0.4 is 0 Å². The van der Waals surface area contributed by atoms with E-state index >= 15 is 0 Å². The summed E-state index contributed by atoms with van der Waals surface area (Å²) in [6, 6.07) is 9.43. The SMILES string of the molecule is CN(CCN(C)C(=O)OC(C)(C)C)Cc1nn2c(c1Br)CN(CC(=O)c1ccccc1)CC2. The topological polar surface area (TPSA) is 70.9 Å². The summed E-state index contributed by atoms with van der Waals surface area (Å²) in [5.41, 5.74) is 2.30. The highest BCUT2D eigenvalue weighted by Crippen LogP contribution is 2.26. The molecule has 180 valence electrons. The van der Waals surface area contributed by atoms with Gasteiger partial charge in [-0.3, -0.25) is 19.3 Å². The molecule has 0 radical (unpaired) electrons. The summed E-state index contributed by atoms with van der Waals surface area (Å²) in [6.45, 7) is 10.1. The molecule has 2 heterocycles. The molecule has 1 amide bonds. The van der Waals surface area contributed by atoms with Crippen molar-refractivity contribution in [3.63, 3.8) is 0 Å². The summed E-state index contributed by atoms with van der Waals surface area (Å²) in [5, 5.41) is 4.78. The number of fused-ring (bicyclic) bond motifs is 1. The van der Waals surface area contributed by atoms with Crippen molar-refractivity contribution in [2.45, 2.75) is 46.0 Å². The smallest absolute Gasteiger partial charge is 0.410 e. The molecule has 0 fully saturated rings. The summed E-state index contributed by atoms with van der Waals surface area (Å²) in [4.78, 5) is 30.6. The third-order valence-electron chi connectivity index (χ3n) is 5.47. The van der Waals surface area contributed by atoms with Gasteiger partial charge in [0, 0.05) is 45.3 Å². The van der Waals surface area contributed by atoms with E-state index in [0.29, 0.717) is 32.7 Å². The van der Waals surface area contributed by atoms with Crippen LogP contribution in [0.4, 0.5) is 4.79 Å². The third-order valence-corrected chi connectivity index (χ3v) is 6.38. The predicted octanol–water partition coefficient (Wildman–Crippen LogP) is 3.64. The Labute approximate surface area is 204 Å². The summed E-state index contributed by atoms with van der Waals surface area (Å²) >= 11 is 3.73. The molecule has 0 aliphatic carbocycles. The average Bonchev–Trinajstić information content (AvgIpc) is 3.06. The maximum absolute atomic E-state index is 12.6. The number of hydrogen-bond donors (Lipinski definition) is 0. The highest BCUT2D eigenvalue weighted by Gasteiger charge is 2.25. The number of ether oxygens (including phenoxy) is 1. The Morgan fingerprint density at radius 2 is 1.82 bits per heavy atom. The quantitative estimate of drug-likeness (QED) is 0.495. The van der Waals surface area contributed by atoms with E-state index in [1.807, 2.05) is 62.8 Å². The Morgan fingerprint density at radius 1 is 1.12 bits per heavy atom. The first kappa shape index (κ1) is 25.4. The van der Waals surface area contributed by atoms with E-state index in [0.717, 1.165) is 34.5 Å². The molecule has 2 aromatic rings. The van der Waals surface area contributed by atoms with E-state index in [4.69, 9.17) is 9.84 Å². The molecule has 9 heteroatoms. The van der Waals surface area contributed by atoms with Crippen LogP contribution in [0.5, 0.6) is 0 Å². The Morgan fingerprint density at radius 3 is 2.48 bits per heavy atom. The number of likely N-dealkylation sites (N-methyl/N-ethyl adjacent to an activating group) is 2. The van der Waals surface area contributed by atoms with Gasteiger partial charge in [-0.1, -0.05) is 30.3 Å². The van der Waals surface area contributed by atoms with Gasteiger partial charge in [-0.2, -0.15) is 5.10 Å². The second kappa shape index (κ2) is 10.8. The number of rotatable bonds is 8. The fourth-order valence-electron chi connectivity index (χ4n) is 3.63. The largest absolute Gasteiger partial charge is 0.444 e. The number of halogens is 1. The number of carbonyl (C=O) groups is 2. The molecule has 0 saturated carbocycles. The van der Waals surface area contributed by atoms with Gasteiger partial charge in [-0.15, -0.1) is 0 Å². The van der Waals surface area contributed by atoms with E-state index in [2.05, 4.69) is 25.7 Å². The van der Waals surface area contributed by atoms with Gasteiger partial charge in [0.2, 0.25) is 0 Å². The lowest BCUT2D eigenvalue weighted by atomic mass is 10.1. The van der Waals surface area contributed by atoms with E-state index in [-0.39, 0.29) is 11.9 Å². The third kappa shape index (κ3) is 7.12. The van der Waals surface area contributed by atoms with Crippen LogP contribution in [0.1, 0.15) is 42.5 Å². The molecule has 0 saturated heterocycles. The second-order valence-corrected chi connectivity index (χ2v) is 10.4. The molecule has 1 aliphatic heterocycles. The molecule has 33 heavy (non-hydrogen) atoms. The van der Waals surface area contributed by atoms with Gasteiger partial charge in [0.15, 0.2) is 5.78 Å². The van der Waals surface area contributed by atoms with Crippen LogP contribution in [0, 0.1) is 0 Å². The minimum absolute atomic E-state index is 0.133. The normalized spacial score (nSPS) is 14.3. The molecule has 3 rings (SSSR count). The second-order valence-electron chi connectivity index (χ2n) is 9.57. The molecule has 0 spiro atoms. The van der Waals surface area contributed by atoms with Crippen LogP contribution in [-0.2, 0) is 24.4 Å². The molecule has 8 nitrogen and oxygen atoms in total. The number of aromatic nitrogens is 2. The van der Waals surface area contributed by atoms with Gasteiger partial charge < -0.3 is 9.64 Å². The zero-order chi connectivity index (χ0) is 24.2. The predicted molar refractivity (Wildman–Crippen MR) is 131 cm³/mol. The lowest BCUT2D eigenvalue weighted by molar-refractivity contribution is 0.0286. The average molecular weight is 520 g/mol. The minimum Gasteiger partial charge on any atom is -0.444 e. The van der Waals surface area contributed by atoms with Crippen molar-refractivity contribution in [3.8, 4) is 0 Å². The van der Waals surface area contributed by atoms with Crippen molar-refractivity contribution in [2.75, 3.05) is 40.3 Å². The molecule has 0 N–H and O–H groups in total. The molecular weight excluding hydrogens is 486 g/mol. The van der Waals surface area contributed by atoms with Gasteiger partial charge in [-0.25, -0.2) is 4.79 Å². The number of Topliss-reactive ketones (excluding diaryl/α,β-unsaturated/α-hetero) is 1. The zero-order valence-electron chi connectivity index (χ0n) is 20.2. The van der Waals surface area contributed by atoms with Gasteiger partial charge in [0.25, 0.3) is 0 Å². The van der Waals surface area contributed by atoms with Crippen LogP contribution in [0.15, 0.2) is 34.8 Å². The summed E-state index contributed by atoms with van der Waals surface area (Å²) in [6.07, 6.45) is -0.320. The highest BCUT2D eigenvalue weighted by atomic mass is 79.9. The van der Waals surface area contributed by atoms with Crippen LogP contribution in [-0.4, -0.2) is 82.2 Å². The summed E-state index contributed by atoms with van der Waals surface area (Å²) in [5.74, 6) is 0.133. The first-order valence-electron chi connectivity index (χ1n) is 11.2. The van der Waals surface area contributed by atoms with Gasteiger partial charge in [0.05, 0.1) is 29.0 Å². The Hall–Kier alpha value is -2.23. The van der Waals surface area contributed by atoms with Crippen LogP contribution >= 0.6 is 15.9 Å². The van der Waals surface area contributed by atoms with Crippen molar-refractivity contribution in [1.29, 1.82) is 0 Å². The van der Waals surface area contributed by atoms with Crippen molar-refractivity contribution in [2.24, 2.45) is 0 Å². The van der Waals surface area contributed by atoms with Crippen molar-refractivity contribution in [3.05, 3.63) is 51.8 Å². The highest BCUT2D eigenvalue weighted by molar-refractivity contribution is 9.10. The van der Waals surface area contributed by atoms with Gasteiger partial charge in [0.1, 0.15) is 5.60 Å². The number of amides is 1. The molecule has 0 bridgehead atoms. The summed E-state index contributed by atoms with van der Waals surface area (Å²) in [7, 11) is 3.76. The molecule has 0 atom stereocenters. The lowest BCUT2D eigenvalue weighted by Crippen LogP contribution is -2.38. The Balaban J connectivity index is 1.54. The fraction of sp³-hybridized carbons (Fsp3) is 0.542. The van der Waals surface area contributed by atoms with Crippen LogP contribution in [0.2, 0.25) is 0 Å². The van der Waals surface area contributed by atoms with E-state index in [9.17, 15) is 9.59 Å². The fourth-order valence-corrected chi connectivity index (χ4v) is 4.17. The number of ketones is 1. The van der Waals surface area contributed by atoms with Gasteiger partial charge >= 0.3 is 6.09 Å². The lowest BCUT2D eigenvalue weighted by Gasteiger charge is -2.27. The molecular formula is C24H34BrN5O3. The van der Waals surface area contributed by atoms with Crippen molar-refractivity contribution < 1.29 is 14.3 Å². The number of hydrogen-bond acceptors (Lipinski definition) is 6. The van der Waals surface area contributed by atoms with Crippen LogP contribution in [0.3, 0.4) is 0 Å². The van der Waals surface area contributed by atoms with Crippen molar-refractivity contribution in [1.82, 2.24) is 24.5 Å². The molecule has 1 aromatic carbocycles. The minimum atomic E-state index is -0.503. The van der Waals surface area contributed by atoms with E-state index in [1.54, 1.807) is 11.9 Å². The van der Waals surface area contributed by atoms with Crippen LogP contribution in [0.25, 0.3) is 0 Å². The van der Waals surface area contributed by atoms with E-state index in [1.165, 1.54) is 0 Å². The standard InChI is InChI=1S/C24H34BrN5O3/c1-24(2,3)33-23(32)28(5)12-11-27(4)15-19-22(25)20-16-29(13-14-30(20)26-19)17-21(31)18-9-7-6-8-10-18/h6-10H,11-17H2,1-5H3. The van der Waals surface area contributed by atoms with Crippen molar-refractivity contribution >= 4 is 27.8 Å². The summed E-state index contributed by atoms with van der Waals surface area (Å²) < 4.78 is 8.43. The Kier molecular flexibility index (Phi) is 8.31. The zero-order valence-corrected chi connectivity index (χ0v) is 21.8. The first-order chi connectivity index (χ1) is 15.5. The molecule has 0 unspecified atom stereocenters. The maximum Gasteiger partial charge on any atom is 0.410 e. The molecule has 1 aliphatic rings. The number of benzene rings is 1. The Bertz CT molecular complexity index is 970. The number of carbonyl (C=O) groups excluding carboxylic acids is 2. The monoisotopic (exact) mass is 519 g/mol.